The van der Waals surface area contributed by atoms with Gasteiger partial charge in [-0.25, -0.2) is 4.98 Å². The topological polar surface area (TPSA) is 90.9 Å². The van der Waals surface area contributed by atoms with Gasteiger partial charge < -0.3 is 14.4 Å². The van der Waals surface area contributed by atoms with Gasteiger partial charge in [-0.2, -0.15) is 4.80 Å². The van der Waals surface area contributed by atoms with Crippen LogP contribution in [-0.4, -0.2) is 48.6 Å². The molecule has 0 bridgehead atoms. The number of aliphatic hydroxyl groups excluding tert-OH is 1. The molecule has 31 heavy (non-hydrogen) atoms. The van der Waals surface area contributed by atoms with Crippen molar-refractivity contribution < 1.29 is 9.84 Å². The van der Waals surface area contributed by atoms with Crippen LogP contribution in [0.25, 0.3) is 22.4 Å². The predicted molar refractivity (Wildman–Crippen MR) is 122 cm³/mol. The molecule has 0 amide bonds. The molecular weight excluding hydrogens is 460 g/mol. The summed E-state index contributed by atoms with van der Waals surface area (Å²) in [7, 11) is 1.64. The smallest absolute Gasteiger partial charge is 0.171 e. The number of aromatic nitrogens is 6. The number of halogens is 1. The Labute approximate surface area is 189 Å². The van der Waals surface area contributed by atoms with Gasteiger partial charge in [-0.1, -0.05) is 38.1 Å². The molecule has 4 aromatic rings. The van der Waals surface area contributed by atoms with Crippen molar-refractivity contribution in [2.75, 3.05) is 13.7 Å². The molecule has 0 saturated heterocycles. The Morgan fingerprint density at radius 2 is 1.94 bits per heavy atom. The van der Waals surface area contributed by atoms with E-state index in [9.17, 15) is 5.11 Å². The van der Waals surface area contributed by atoms with Crippen molar-refractivity contribution in [1.82, 2.24) is 29.8 Å². The van der Waals surface area contributed by atoms with Gasteiger partial charge in [-0.05, 0) is 51.2 Å². The van der Waals surface area contributed by atoms with Crippen molar-refractivity contribution in [2.24, 2.45) is 0 Å². The molecule has 0 aliphatic rings. The number of hydrogen-bond acceptors (Lipinski definition) is 6. The number of imidazole rings is 1. The number of aryl methyl sites for hydroxylation is 1. The zero-order valence-electron chi connectivity index (χ0n) is 18.0. The molecule has 2 heterocycles. The first-order valence-electron chi connectivity index (χ1n) is 10.1. The fourth-order valence-electron chi connectivity index (χ4n) is 3.67. The lowest BCUT2D eigenvalue weighted by atomic mass is 10.0. The van der Waals surface area contributed by atoms with Gasteiger partial charge in [0.05, 0.1) is 24.7 Å². The number of rotatable bonds is 7. The Hall–Kier alpha value is -2.78. The van der Waals surface area contributed by atoms with Crippen molar-refractivity contribution in [3.05, 3.63) is 51.8 Å². The number of hydrogen-bond donors (Lipinski definition) is 1. The SMILES string of the molecule is COc1cc(Cn2nnc(C)n2)c(Br)c2nc(-c3ccc(C(C)C)cc3)n(CCO)c12. The first-order chi connectivity index (χ1) is 14.9. The minimum atomic E-state index is -0.00673. The molecule has 2 aromatic heterocycles. The summed E-state index contributed by atoms with van der Waals surface area (Å²) in [5, 5.41) is 22.0. The third-order valence-electron chi connectivity index (χ3n) is 5.24. The van der Waals surface area contributed by atoms with E-state index in [4.69, 9.17) is 9.72 Å². The van der Waals surface area contributed by atoms with Gasteiger partial charge in [0.1, 0.15) is 22.6 Å². The lowest BCUT2D eigenvalue weighted by molar-refractivity contribution is 0.278. The normalized spacial score (nSPS) is 11.6. The zero-order chi connectivity index (χ0) is 22.1. The van der Waals surface area contributed by atoms with Crippen LogP contribution in [0.4, 0.5) is 0 Å². The second-order valence-electron chi connectivity index (χ2n) is 7.70. The number of ether oxygens (including phenoxy) is 1. The largest absolute Gasteiger partial charge is 0.494 e. The van der Waals surface area contributed by atoms with E-state index in [0.29, 0.717) is 30.6 Å². The Kier molecular flexibility index (Phi) is 6.06. The Morgan fingerprint density at radius 1 is 1.19 bits per heavy atom. The summed E-state index contributed by atoms with van der Waals surface area (Å²) in [6.45, 7) is 6.97. The average Bonchev–Trinajstić information content (AvgIpc) is 3.34. The lowest BCUT2D eigenvalue weighted by Crippen LogP contribution is -2.07. The molecule has 4 rings (SSSR count). The number of aliphatic hydroxyl groups is 1. The molecule has 0 spiro atoms. The van der Waals surface area contributed by atoms with Crippen LogP contribution >= 0.6 is 15.9 Å². The molecule has 0 aliphatic heterocycles. The van der Waals surface area contributed by atoms with Crippen LogP contribution in [0, 0.1) is 6.92 Å². The summed E-state index contributed by atoms with van der Waals surface area (Å²) < 4.78 is 8.57. The predicted octanol–water partition coefficient (Wildman–Crippen LogP) is 3.93. The third kappa shape index (κ3) is 4.07. The van der Waals surface area contributed by atoms with Crippen LogP contribution in [0.3, 0.4) is 0 Å². The van der Waals surface area contributed by atoms with Crippen molar-refractivity contribution >= 4 is 27.0 Å². The maximum Gasteiger partial charge on any atom is 0.171 e. The lowest BCUT2D eigenvalue weighted by Gasteiger charge is -2.13. The first-order valence-corrected chi connectivity index (χ1v) is 10.9. The number of tetrazole rings is 1. The number of methoxy groups -OCH3 is 1. The van der Waals surface area contributed by atoms with Crippen LogP contribution in [-0.2, 0) is 13.1 Å². The Bertz CT molecular complexity index is 1210. The number of fused-ring (bicyclic) bond motifs is 1. The van der Waals surface area contributed by atoms with E-state index in [1.807, 2.05) is 10.6 Å². The molecular formula is C22H25BrN6O2. The molecule has 1 N–H and O–H groups in total. The standard InChI is InChI=1S/C22H25BrN6O2/c1-13(2)15-5-7-16(8-6-15)22-24-20-19(23)17(12-29-26-14(3)25-27-29)11-18(31-4)21(20)28(22)9-10-30/h5-8,11,13,30H,9-10,12H2,1-4H3. The summed E-state index contributed by atoms with van der Waals surface area (Å²) in [6, 6.07) is 10.4. The van der Waals surface area contributed by atoms with Crippen LogP contribution in [0.2, 0.25) is 0 Å². The maximum atomic E-state index is 9.74. The Balaban J connectivity index is 1.89. The van der Waals surface area contributed by atoms with Crippen molar-refractivity contribution in [3.8, 4) is 17.1 Å². The molecule has 0 radical (unpaired) electrons. The van der Waals surface area contributed by atoms with E-state index in [1.54, 1.807) is 14.0 Å². The van der Waals surface area contributed by atoms with E-state index in [1.165, 1.54) is 10.4 Å². The average molecular weight is 485 g/mol. The van der Waals surface area contributed by atoms with Crippen LogP contribution in [0.15, 0.2) is 34.8 Å². The summed E-state index contributed by atoms with van der Waals surface area (Å²) >= 11 is 3.73. The summed E-state index contributed by atoms with van der Waals surface area (Å²) in [6.07, 6.45) is 0. The monoisotopic (exact) mass is 484 g/mol. The highest BCUT2D eigenvalue weighted by molar-refractivity contribution is 9.10. The van der Waals surface area contributed by atoms with Crippen LogP contribution in [0.5, 0.6) is 5.75 Å². The van der Waals surface area contributed by atoms with Crippen molar-refractivity contribution in [3.63, 3.8) is 0 Å². The van der Waals surface area contributed by atoms with Crippen LogP contribution < -0.4 is 4.74 Å². The number of nitrogens with zero attached hydrogens (tertiary/aromatic N) is 6. The van der Waals surface area contributed by atoms with Crippen molar-refractivity contribution in [2.45, 2.75) is 39.8 Å². The van der Waals surface area contributed by atoms with E-state index < -0.39 is 0 Å². The molecule has 0 aliphatic carbocycles. The second kappa shape index (κ2) is 8.76. The molecule has 0 fully saturated rings. The molecule has 162 valence electrons. The highest BCUT2D eigenvalue weighted by atomic mass is 79.9. The molecule has 9 heteroatoms. The fourth-order valence-corrected chi connectivity index (χ4v) is 4.18. The van der Waals surface area contributed by atoms with Gasteiger partial charge in [0.15, 0.2) is 5.82 Å². The molecule has 0 saturated carbocycles. The Morgan fingerprint density at radius 3 is 2.52 bits per heavy atom. The summed E-state index contributed by atoms with van der Waals surface area (Å²) in [4.78, 5) is 6.49. The fraction of sp³-hybridized carbons (Fsp3) is 0.364. The second-order valence-corrected chi connectivity index (χ2v) is 8.50. The molecule has 8 nitrogen and oxygen atoms in total. The van der Waals surface area contributed by atoms with E-state index >= 15 is 0 Å². The zero-order valence-corrected chi connectivity index (χ0v) is 19.6. The maximum absolute atomic E-state index is 9.74. The van der Waals surface area contributed by atoms with E-state index in [0.717, 1.165) is 32.5 Å². The summed E-state index contributed by atoms with van der Waals surface area (Å²) in [5.74, 6) is 2.53. The highest BCUT2D eigenvalue weighted by Crippen LogP contribution is 2.38. The molecule has 0 atom stereocenters. The minimum absolute atomic E-state index is 0.00673. The van der Waals surface area contributed by atoms with Gasteiger partial charge in [0.2, 0.25) is 0 Å². The quantitative estimate of drug-likeness (QED) is 0.427. The minimum Gasteiger partial charge on any atom is -0.494 e. The van der Waals surface area contributed by atoms with Crippen molar-refractivity contribution in [1.29, 1.82) is 0 Å². The van der Waals surface area contributed by atoms with E-state index in [2.05, 4.69) is 69.5 Å². The molecule has 0 unspecified atom stereocenters. The van der Waals surface area contributed by atoms with E-state index in [-0.39, 0.29) is 6.61 Å². The van der Waals surface area contributed by atoms with Gasteiger partial charge in [0.25, 0.3) is 0 Å². The summed E-state index contributed by atoms with van der Waals surface area (Å²) in [5.41, 5.74) is 4.78. The third-order valence-corrected chi connectivity index (χ3v) is 6.12. The van der Waals surface area contributed by atoms with Crippen LogP contribution in [0.1, 0.15) is 36.7 Å². The highest BCUT2D eigenvalue weighted by Gasteiger charge is 2.21. The van der Waals surface area contributed by atoms with Gasteiger partial charge >= 0.3 is 0 Å². The van der Waals surface area contributed by atoms with Gasteiger partial charge in [-0.15, -0.1) is 10.2 Å². The van der Waals surface area contributed by atoms with Gasteiger partial charge in [0, 0.05) is 12.1 Å². The first kappa shape index (κ1) is 21.5. The molecule has 2 aromatic carbocycles. The van der Waals surface area contributed by atoms with Gasteiger partial charge in [-0.3, -0.25) is 0 Å². The number of benzene rings is 2.